The zero-order valence-corrected chi connectivity index (χ0v) is 12.1. The van der Waals surface area contributed by atoms with Crippen molar-refractivity contribution in [2.24, 2.45) is 0 Å². The first-order valence-corrected chi connectivity index (χ1v) is 6.41. The molecule has 0 unspecified atom stereocenters. The zero-order valence-electron chi connectivity index (χ0n) is 9.76. The minimum atomic E-state index is -0.433. The Morgan fingerprint density at radius 1 is 1.53 bits per heavy atom. The van der Waals surface area contributed by atoms with E-state index in [-0.39, 0.29) is 12.5 Å². The van der Waals surface area contributed by atoms with Crippen molar-refractivity contribution in [1.29, 1.82) is 0 Å². The second-order valence-electron chi connectivity index (χ2n) is 4.44. The maximum Gasteiger partial charge on any atom is 0.251 e. The van der Waals surface area contributed by atoms with E-state index >= 15 is 0 Å². The number of halogens is 2. The predicted molar refractivity (Wildman–Crippen MR) is 72.4 cm³/mol. The van der Waals surface area contributed by atoms with Gasteiger partial charge in [0.1, 0.15) is 0 Å². The number of carbonyl (C=O) groups is 1. The average Bonchev–Trinajstić information content (AvgIpc) is 2.21. The quantitative estimate of drug-likeness (QED) is 0.896. The van der Waals surface area contributed by atoms with Gasteiger partial charge in [-0.2, -0.15) is 0 Å². The van der Waals surface area contributed by atoms with E-state index in [1.807, 2.05) is 13.8 Å². The lowest BCUT2D eigenvalue weighted by atomic mass is 10.0. The first-order chi connectivity index (χ1) is 7.85. The molecule has 0 spiro atoms. The van der Waals surface area contributed by atoms with Gasteiger partial charge in [0, 0.05) is 22.2 Å². The number of carbonyl (C=O) groups excluding carboxylic acids is 1. The van der Waals surface area contributed by atoms with Crippen LogP contribution in [0.15, 0.2) is 22.7 Å². The van der Waals surface area contributed by atoms with Crippen LogP contribution in [-0.4, -0.2) is 23.2 Å². The van der Waals surface area contributed by atoms with Crippen molar-refractivity contribution >= 4 is 33.4 Å². The Balaban J connectivity index is 2.80. The fourth-order valence-electron chi connectivity index (χ4n) is 1.36. The van der Waals surface area contributed by atoms with Crippen molar-refractivity contribution in [2.45, 2.75) is 25.8 Å². The van der Waals surface area contributed by atoms with Crippen LogP contribution in [0.2, 0.25) is 5.02 Å². The summed E-state index contributed by atoms with van der Waals surface area (Å²) in [4.78, 5) is 11.9. The van der Waals surface area contributed by atoms with Gasteiger partial charge in [-0.05, 0) is 54.4 Å². The molecular weight excluding hydrogens is 305 g/mol. The van der Waals surface area contributed by atoms with E-state index in [9.17, 15) is 4.79 Å². The Kier molecular flexibility index (Phi) is 4.98. The molecule has 1 rings (SSSR count). The van der Waals surface area contributed by atoms with Crippen LogP contribution in [0.5, 0.6) is 0 Å². The Bertz CT molecular complexity index is 421. The number of nitrogens with one attached hydrogen (secondary N) is 1. The number of amides is 1. The van der Waals surface area contributed by atoms with E-state index in [1.54, 1.807) is 18.2 Å². The second-order valence-corrected chi connectivity index (χ2v) is 5.70. The van der Waals surface area contributed by atoms with Crippen LogP contribution in [0.25, 0.3) is 0 Å². The predicted octanol–water partition coefficient (Wildman–Crippen LogP) is 2.99. The summed E-state index contributed by atoms with van der Waals surface area (Å²) >= 11 is 9.13. The summed E-state index contributed by atoms with van der Waals surface area (Å²) in [5.74, 6) is -0.180. The van der Waals surface area contributed by atoms with Crippen molar-refractivity contribution in [3.8, 4) is 0 Å². The average molecular weight is 321 g/mol. The largest absolute Gasteiger partial charge is 0.396 e. The molecule has 17 heavy (non-hydrogen) atoms. The fraction of sp³-hybridized carbons (Fsp3) is 0.417. The van der Waals surface area contributed by atoms with Gasteiger partial charge in [-0.3, -0.25) is 4.79 Å². The number of benzene rings is 1. The Morgan fingerprint density at radius 2 is 2.18 bits per heavy atom. The highest BCUT2D eigenvalue weighted by Gasteiger charge is 2.20. The van der Waals surface area contributed by atoms with Crippen LogP contribution in [0.1, 0.15) is 30.6 Å². The van der Waals surface area contributed by atoms with Gasteiger partial charge in [-0.15, -0.1) is 0 Å². The lowest BCUT2D eigenvalue weighted by Crippen LogP contribution is -2.44. The summed E-state index contributed by atoms with van der Waals surface area (Å²) in [5, 5.41) is 12.3. The smallest absolute Gasteiger partial charge is 0.251 e. The summed E-state index contributed by atoms with van der Waals surface area (Å²) < 4.78 is 0.687. The van der Waals surface area contributed by atoms with Crippen molar-refractivity contribution in [2.75, 3.05) is 6.61 Å². The van der Waals surface area contributed by atoms with Gasteiger partial charge in [0.25, 0.3) is 5.91 Å². The van der Waals surface area contributed by atoms with Crippen molar-refractivity contribution in [1.82, 2.24) is 5.32 Å². The lowest BCUT2D eigenvalue weighted by molar-refractivity contribution is 0.0899. The van der Waals surface area contributed by atoms with Crippen LogP contribution in [0.4, 0.5) is 0 Å². The highest BCUT2D eigenvalue weighted by molar-refractivity contribution is 9.10. The van der Waals surface area contributed by atoms with Crippen molar-refractivity contribution in [3.63, 3.8) is 0 Å². The van der Waals surface area contributed by atoms with E-state index in [1.165, 1.54) is 0 Å². The van der Waals surface area contributed by atoms with Crippen molar-refractivity contribution in [3.05, 3.63) is 33.3 Å². The highest BCUT2D eigenvalue weighted by Crippen LogP contribution is 2.23. The topological polar surface area (TPSA) is 49.3 Å². The molecule has 2 N–H and O–H groups in total. The van der Waals surface area contributed by atoms with Crippen LogP contribution in [-0.2, 0) is 0 Å². The molecule has 94 valence electrons. The molecule has 0 fully saturated rings. The third-order valence-electron chi connectivity index (χ3n) is 2.37. The number of aliphatic hydroxyl groups excluding tert-OH is 1. The molecular formula is C12H15BrClNO2. The Labute approximate surface area is 114 Å². The summed E-state index contributed by atoms with van der Waals surface area (Å²) in [6.07, 6.45) is 0.507. The molecule has 3 nitrogen and oxygen atoms in total. The van der Waals surface area contributed by atoms with Crippen LogP contribution < -0.4 is 5.32 Å². The summed E-state index contributed by atoms with van der Waals surface area (Å²) in [7, 11) is 0. The minimum Gasteiger partial charge on any atom is -0.396 e. The number of hydrogen-bond acceptors (Lipinski definition) is 2. The van der Waals surface area contributed by atoms with Crippen molar-refractivity contribution < 1.29 is 9.90 Å². The number of hydrogen-bond donors (Lipinski definition) is 2. The van der Waals surface area contributed by atoms with E-state index in [0.29, 0.717) is 21.5 Å². The second kappa shape index (κ2) is 5.85. The normalized spacial score (nSPS) is 11.4. The van der Waals surface area contributed by atoms with E-state index in [0.717, 1.165) is 0 Å². The minimum absolute atomic E-state index is 0.0393. The molecule has 0 aliphatic carbocycles. The number of aliphatic hydroxyl groups is 1. The van der Waals surface area contributed by atoms with E-state index < -0.39 is 5.54 Å². The maximum absolute atomic E-state index is 11.9. The lowest BCUT2D eigenvalue weighted by Gasteiger charge is -2.25. The summed E-state index contributed by atoms with van der Waals surface area (Å²) in [6.45, 7) is 3.77. The van der Waals surface area contributed by atoms with Gasteiger partial charge < -0.3 is 10.4 Å². The molecule has 5 heteroatoms. The third kappa shape index (κ3) is 4.30. The standard InChI is InChI=1S/C12H15BrClNO2/c1-12(2,5-6-16)15-11(17)8-3-4-10(14)9(13)7-8/h3-4,7,16H,5-6H2,1-2H3,(H,15,17). The molecule has 1 aromatic rings. The van der Waals surface area contributed by atoms with Gasteiger partial charge in [0.2, 0.25) is 0 Å². The molecule has 1 amide bonds. The monoisotopic (exact) mass is 319 g/mol. The fourth-order valence-corrected chi connectivity index (χ4v) is 1.86. The molecule has 0 atom stereocenters. The van der Waals surface area contributed by atoms with E-state index in [2.05, 4.69) is 21.2 Å². The molecule has 0 aromatic heterocycles. The molecule has 0 heterocycles. The van der Waals surface area contributed by atoms with E-state index in [4.69, 9.17) is 16.7 Å². The number of rotatable bonds is 4. The van der Waals surface area contributed by atoms with Gasteiger partial charge >= 0.3 is 0 Å². The molecule has 0 saturated carbocycles. The highest BCUT2D eigenvalue weighted by atomic mass is 79.9. The van der Waals surface area contributed by atoms with Gasteiger partial charge in [-0.1, -0.05) is 11.6 Å². The third-order valence-corrected chi connectivity index (χ3v) is 3.58. The Hall–Kier alpha value is -0.580. The van der Waals surface area contributed by atoms with Crippen LogP contribution in [0, 0.1) is 0 Å². The first-order valence-electron chi connectivity index (χ1n) is 5.24. The zero-order chi connectivity index (χ0) is 13.1. The summed E-state index contributed by atoms with van der Waals surface area (Å²) in [5.41, 5.74) is 0.102. The molecule has 0 bridgehead atoms. The maximum atomic E-state index is 11.9. The molecule has 0 radical (unpaired) electrons. The Morgan fingerprint density at radius 3 is 2.71 bits per heavy atom. The molecule has 0 aliphatic heterocycles. The van der Waals surface area contributed by atoms with Crippen LogP contribution in [0.3, 0.4) is 0 Å². The molecule has 0 saturated heterocycles. The summed E-state index contributed by atoms with van der Waals surface area (Å²) in [6, 6.07) is 5.00. The SMILES string of the molecule is CC(C)(CCO)NC(=O)c1ccc(Cl)c(Br)c1. The van der Waals surface area contributed by atoms with Crippen LogP contribution >= 0.6 is 27.5 Å². The van der Waals surface area contributed by atoms with Gasteiger partial charge in [-0.25, -0.2) is 0 Å². The molecule has 1 aromatic carbocycles. The van der Waals surface area contributed by atoms with Gasteiger partial charge in [0.05, 0.1) is 5.02 Å². The van der Waals surface area contributed by atoms with Gasteiger partial charge in [0.15, 0.2) is 0 Å². The first kappa shape index (κ1) is 14.5. The molecule has 0 aliphatic rings.